The van der Waals surface area contributed by atoms with E-state index in [4.69, 9.17) is 0 Å². The van der Waals surface area contributed by atoms with Crippen molar-refractivity contribution in [1.82, 2.24) is 0 Å². The first kappa shape index (κ1) is 38.6. The standard InChI is InChI=1S/2Ce.2O.Zr/q2*+3;2*-2;+4. The Bertz CT molecular complexity index is 7.61. The molecule has 0 rings (SSSR count). The third-order valence-corrected chi connectivity index (χ3v) is 0. The Hall–Kier alpha value is 3.56. The van der Waals surface area contributed by atoms with E-state index in [-0.39, 0.29) is 121 Å². The molecular weight excluding hydrogens is 403 g/mol. The average Bonchev–Trinajstić information content (AvgIpc) is 0. The van der Waals surface area contributed by atoms with Crippen LogP contribution in [0.2, 0.25) is 0 Å². The molecule has 0 spiro atoms. The van der Waals surface area contributed by atoms with Crippen molar-refractivity contribution in [2.75, 3.05) is 0 Å². The maximum absolute atomic E-state index is 0. The minimum absolute atomic E-state index is 0. The second kappa shape index (κ2) is 25.7. The van der Waals surface area contributed by atoms with Crippen LogP contribution in [0.3, 0.4) is 0 Å². The predicted molar refractivity (Wildman–Crippen MR) is 1.37 cm³/mol. The second-order valence-electron chi connectivity index (χ2n) is 0. The van der Waals surface area contributed by atoms with Crippen LogP contribution in [0.15, 0.2) is 0 Å². The maximum atomic E-state index is 0. The van der Waals surface area contributed by atoms with Gasteiger partial charge in [0, 0.05) is 0 Å². The van der Waals surface area contributed by atoms with Crippen LogP contribution in [0.1, 0.15) is 0 Å². The molecule has 0 aromatic heterocycles. The average molecular weight is 403 g/mol. The summed E-state index contributed by atoms with van der Waals surface area (Å²) in [5, 5.41) is 0. The van der Waals surface area contributed by atoms with Crippen molar-refractivity contribution in [1.29, 1.82) is 0 Å². The summed E-state index contributed by atoms with van der Waals surface area (Å²) in [5.41, 5.74) is 0. The molecule has 0 fully saturated rings. The molecule has 0 aromatic rings. The molecule has 0 aliphatic rings. The number of hydrogen-bond donors (Lipinski definition) is 0. The van der Waals surface area contributed by atoms with Crippen LogP contribution in [0.25, 0.3) is 0 Å². The van der Waals surface area contributed by atoms with Crippen molar-refractivity contribution in [2.24, 2.45) is 0 Å². The van der Waals surface area contributed by atoms with Gasteiger partial charge in [-0.25, -0.2) is 0 Å². The van der Waals surface area contributed by atoms with E-state index in [0.717, 1.165) is 0 Å². The smallest absolute Gasteiger partial charge is 2.00 e. The van der Waals surface area contributed by atoms with E-state index in [2.05, 4.69) is 0 Å². The zero-order chi connectivity index (χ0) is 0. The molecule has 2 radical (unpaired) electrons. The summed E-state index contributed by atoms with van der Waals surface area (Å²) in [6.07, 6.45) is 0. The molecule has 5 heteroatoms. The molecule has 0 bridgehead atoms. The van der Waals surface area contributed by atoms with Crippen LogP contribution in [-0.4, -0.2) is 0 Å². The summed E-state index contributed by atoms with van der Waals surface area (Å²) in [6.45, 7) is 0. The fourth-order valence-corrected chi connectivity index (χ4v) is 0. The fraction of sp³-hybridized carbons (Fsp3) is 0. The van der Waals surface area contributed by atoms with Gasteiger partial charge in [-0.1, -0.05) is 0 Å². The van der Waals surface area contributed by atoms with Crippen LogP contribution in [0, 0.1) is 83.5 Å². The first-order chi connectivity index (χ1) is 0. The second-order valence-corrected chi connectivity index (χ2v) is 0. The molecule has 0 aliphatic heterocycles. The Morgan fingerprint density at radius 3 is 0.600 bits per heavy atom. The Labute approximate surface area is 117 Å². The van der Waals surface area contributed by atoms with Crippen molar-refractivity contribution in [3.8, 4) is 0 Å². The van der Waals surface area contributed by atoms with Crippen molar-refractivity contribution in [2.45, 2.75) is 0 Å². The molecule has 0 saturated heterocycles. The van der Waals surface area contributed by atoms with E-state index in [0.29, 0.717) is 0 Å². The molecular formula is Ce2O2Zr+6. The first-order valence-corrected chi connectivity index (χ1v) is 0. The molecule has 0 aliphatic carbocycles. The predicted octanol–water partition coefficient (Wildman–Crippen LogP) is -0.240. The van der Waals surface area contributed by atoms with E-state index < -0.39 is 0 Å². The van der Waals surface area contributed by atoms with Gasteiger partial charge in [0.1, 0.15) is 0 Å². The van der Waals surface area contributed by atoms with E-state index in [1.165, 1.54) is 0 Å². The zero-order valence-electron chi connectivity index (χ0n) is 2.32. The van der Waals surface area contributed by atoms with Gasteiger partial charge in [0.25, 0.3) is 0 Å². The summed E-state index contributed by atoms with van der Waals surface area (Å²) in [6, 6.07) is 0. The Balaban J connectivity index is 0. The summed E-state index contributed by atoms with van der Waals surface area (Å²) in [5.74, 6) is 0. The topological polar surface area (TPSA) is 57.0 Å². The van der Waals surface area contributed by atoms with Gasteiger partial charge < -0.3 is 11.0 Å². The van der Waals surface area contributed by atoms with Crippen LogP contribution in [0.4, 0.5) is 0 Å². The fourth-order valence-electron chi connectivity index (χ4n) is 0. The zero-order valence-corrected chi connectivity index (χ0v) is 11.1. The van der Waals surface area contributed by atoms with Crippen LogP contribution >= 0.6 is 0 Å². The molecule has 0 atom stereocenters. The molecule has 0 unspecified atom stereocenters. The third-order valence-electron chi connectivity index (χ3n) is 0. The minimum atomic E-state index is 0. The van der Waals surface area contributed by atoms with Crippen molar-refractivity contribution in [3.63, 3.8) is 0 Å². The summed E-state index contributed by atoms with van der Waals surface area (Å²) < 4.78 is 0. The normalized spacial score (nSPS) is 0. The molecule has 0 amide bonds. The van der Waals surface area contributed by atoms with Gasteiger partial charge in [0.15, 0.2) is 0 Å². The van der Waals surface area contributed by atoms with Gasteiger partial charge in [-0.2, -0.15) is 0 Å². The van der Waals surface area contributed by atoms with E-state index in [9.17, 15) is 0 Å². The van der Waals surface area contributed by atoms with Gasteiger partial charge >= 0.3 is 110 Å². The molecule has 2 nitrogen and oxygen atoms in total. The van der Waals surface area contributed by atoms with E-state index >= 15 is 0 Å². The molecule has 5 heavy (non-hydrogen) atoms. The molecule has 0 aromatic carbocycles. The van der Waals surface area contributed by atoms with Crippen LogP contribution in [-0.2, 0) is 37.2 Å². The SMILES string of the molecule is [Ce+3].[Ce+3].[O-2].[O-2].[Zr+4]. The molecule has 0 heterocycles. The Morgan fingerprint density at radius 1 is 0.600 bits per heavy atom. The van der Waals surface area contributed by atoms with Crippen molar-refractivity contribution >= 4 is 0 Å². The Kier molecular flexibility index (Phi) is 198. The summed E-state index contributed by atoms with van der Waals surface area (Å²) in [4.78, 5) is 0. The van der Waals surface area contributed by atoms with Gasteiger partial charge in [0.05, 0.1) is 0 Å². The van der Waals surface area contributed by atoms with Gasteiger partial charge in [-0.15, -0.1) is 0 Å². The minimum Gasteiger partial charge on any atom is -2.00 e. The summed E-state index contributed by atoms with van der Waals surface area (Å²) in [7, 11) is 0. The van der Waals surface area contributed by atoms with Gasteiger partial charge in [-0.3, -0.25) is 0 Å². The molecule has 0 saturated carbocycles. The van der Waals surface area contributed by atoms with Gasteiger partial charge in [-0.05, 0) is 0 Å². The maximum Gasteiger partial charge on any atom is 4.00 e. The number of hydrogen-bond acceptors (Lipinski definition) is 0. The Morgan fingerprint density at radius 2 is 0.600 bits per heavy atom. The largest absolute Gasteiger partial charge is 4.00 e. The monoisotopic (exact) mass is 402 g/mol. The van der Waals surface area contributed by atoms with Crippen molar-refractivity contribution < 1.29 is 121 Å². The molecule has 0 N–H and O–H groups in total. The van der Waals surface area contributed by atoms with Crippen molar-refractivity contribution in [3.05, 3.63) is 0 Å². The van der Waals surface area contributed by atoms with Crippen LogP contribution in [0.5, 0.6) is 0 Å². The quantitative estimate of drug-likeness (QED) is 0.536. The van der Waals surface area contributed by atoms with Gasteiger partial charge in [0.2, 0.25) is 0 Å². The number of rotatable bonds is 0. The van der Waals surface area contributed by atoms with Crippen LogP contribution < -0.4 is 0 Å². The first-order valence-electron chi connectivity index (χ1n) is 0. The van der Waals surface area contributed by atoms with E-state index in [1.807, 2.05) is 0 Å². The van der Waals surface area contributed by atoms with E-state index in [1.54, 1.807) is 0 Å². The third kappa shape index (κ3) is 18.4. The molecule has 18 valence electrons. The summed E-state index contributed by atoms with van der Waals surface area (Å²) >= 11 is 0.